The predicted molar refractivity (Wildman–Crippen MR) is 128 cm³/mol. The number of anilines is 1. The van der Waals surface area contributed by atoms with Crippen molar-refractivity contribution in [3.05, 3.63) is 82.3 Å². The summed E-state index contributed by atoms with van der Waals surface area (Å²) in [5.41, 5.74) is 4.81. The van der Waals surface area contributed by atoms with Crippen LogP contribution in [0, 0.1) is 37.9 Å². The summed E-state index contributed by atoms with van der Waals surface area (Å²) >= 11 is 1.12. The first-order chi connectivity index (χ1) is 16.4. The van der Waals surface area contributed by atoms with Crippen LogP contribution in [0.2, 0.25) is 0 Å². The van der Waals surface area contributed by atoms with E-state index < -0.39 is 0 Å². The van der Waals surface area contributed by atoms with E-state index in [0.29, 0.717) is 23.8 Å². The van der Waals surface area contributed by atoms with E-state index in [0.717, 1.165) is 39.7 Å². The van der Waals surface area contributed by atoms with E-state index in [9.17, 15) is 14.4 Å². The molecule has 1 amide bonds. The largest absolute Gasteiger partial charge is 0.411 e. The second-order valence-electron chi connectivity index (χ2n) is 7.83. The third-order valence-electron chi connectivity index (χ3n) is 5.48. The molecule has 0 spiro atoms. The highest BCUT2D eigenvalue weighted by Crippen LogP contribution is 2.28. The van der Waals surface area contributed by atoms with E-state index >= 15 is 0 Å². The SMILES string of the molecule is Cc1ccc(-c2nnc(SCC(=O)Nc3c(C#N)c(C)c(C)n3Cc3ccc(F)cc3)o2)cc1. The number of hydrogen-bond acceptors (Lipinski definition) is 6. The van der Waals surface area contributed by atoms with Crippen LogP contribution in [0.5, 0.6) is 0 Å². The fourth-order valence-corrected chi connectivity index (χ4v) is 4.04. The van der Waals surface area contributed by atoms with E-state index in [-0.39, 0.29) is 22.7 Å². The summed E-state index contributed by atoms with van der Waals surface area (Å²) in [5.74, 6) is 0.195. The van der Waals surface area contributed by atoms with Crippen molar-refractivity contribution < 1.29 is 13.6 Å². The van der Waals surface area contributed by atoms with Gasteiger partial charge in [0.15, 0.2) is 0 Å². The molecule has 0 unspecified atom stereocenters. The van der Waals surface area contributed by atoms with Gasteiger partial charge in [-0.25, -0.2) is 4.39 Å². The Labute approximate surface area is 200 Å². The summed E-state index contributed by atoms with van der Waals surface area (Å²) in [7, 11) is 0. The van der Waals surface area contributed by atoms with Crippen molar-refractivity contribution in [2.24, 2.45) is 0 Å². The summed E-state index contributed by atoms with van der Waals surface area (Å²) in [6.45, 7) is 6.11. The molecular formula is C25H22FN5O2S. The number of halogens is 1. The van der Waals surface area contributed by atoms with E-state index in [4.69, 9.17) is 4.42 Å². The molecular weight excluding hydrogens is 453 g/mol. The number of aryl methyl sites for hydroxylation is 1. The van der Waals surface area contributed by atoms with E-state index in [1.807, 2.05) is 49.6 Å². The van der Waals surface area contributed by atoms with Gasteiger partial charge in [0.25, 0.3) is 5.22 Å². The lowest BCUT2D eigenvalue weighted by Crippen LogP contribution is -2.18. The van der Waals surface area contributed by atoms with Crippen molar-refractivity contribution in [3.63, 3.8) is 0 Å². The maximum atomic E-state index is 13.3. The summed E-state index contributed by atoms with van der Waals surface area (Å²) in [6, 6.07) is 16.0. The molecule has 34 heavy (non-hydrogen) atoms. The molecule has 0 bridgehead atoms. The van der Waals surface area contributed by atoms with Crippen molar-refractivity contribution >= 4 is 23.5 Å². The lowest BCUT2D eigenvalue weighted by atomic mass is 10.1. The van der Waals surface area contributed by atoms with Gasteiger partial charge in [0.2, 0.25) is 11.8 Å². The van der Waals surface area contributed by atoms with Crippen LogP contribution >= 0.6 is 11.8 Å². The molecule has 4 rings (SSSR count). The van der Waals surface area contributed by atoms with E-state index in [1.54, 1.807) is 12.1 Å². The van der Waals surface area contributed by atoms with Crippen molar-refractivity contribution in [1.82, 2.24) is 14.8 Å². The zero-order valence-electron chi connectivity index (χ0n) is 18.9. The Bertz CT molecular complexity index is 1370. The first kappa shape index (κ1) is 23.3. The highest BCUT2D eigenvalue weighted by molar-refractivity contribution is 7.99. The number of rotatable bonds is 7. The minimum atomic E-state index is -0.320. The Morgan fingerprint density at radius 1 is 1.12 bits per heavy atom. The van der Waals surface area contributed by atoms with Crippen molar-refractivity contribution in [3.8, 4) is 17.5 Å². The Morgan fingerprint density at radius 3 is 2.50 bits per heavy atom. The average Bonchev–Trinajstić information content (AvgIpc) is 3.38. The molecule has 0 saturated carbocycles. The standard InChI is InChI=1S/C25H22FN5O2S/c1-15-4-8-19(9-5-15)24-29-30-25(33-24)34-14-22(32)28-23-21(12-27)16(2)17(3)31(23)13-18-6-10-20(26)11-7-18/h4-11H,13-14H2,1-3H3,(H,28,32). The Hall–Kier alpha value is -3.90. The molecule has 2 aromatic heterocycles. The number of carbonyl (C=O) groups excluding carboxylic acids is 1. The highest BCUT2D eigenvalue weighted by Gasteiger charge is 2.20. The minimum Gasteiger partial charge on any atom is -0.411 e. The molecule has 4 aromatic rings. The monoisotopic (exact) mass is 475 g/mol. The second kappa shape index (κ2) is 9.93. The zero-order chi connectivity index (χ0) is 24.2. The topological polar surface area (TPSA) is 96.7 Å². The van der Waals surface area contributed by atoms with Gasteiger partial charge in [-0.05, 0) is 56.2 Å². The number of benzene rings is 2. The molecule has 172 valence electrons. The number of aromatic nitrogens is 3. The van der Waals surface area contributed by atoms with Crippen molar-refractivity contribution in [2.75, 3.05) is 11.1 Å². The normalized spacial score (nSPS) is 10.8. The summed E-state index contributed by atoms with van der Waals surface area (Å²) in [6.07, 6.45) is 0. The fraction of sp³-hybridized carbons (Fsp3) is 0.200. The van der Waals surface area contributed by atoms with Crippen LogP contribution in [0.15, 0.2) is 58.2 Å². The van der Waals surface area contributed by atoms with Crippen LogP contribution in [-0.4, -0.2) is 26.4 Å². The summed E-state index contributed by atoms with van der Waals surface area (Å²) in [5, 5.41) is 20.9. The number of thioether (sulfide) groups is 1. The van der Waals surface area contributed by atoms with Gasteiger partial charge in [-0.1, -0.05) is 41.6 Å². The molecule has 0 radical (unpaired) electrons. The molecule has 2 aromatic carbocycles. The molecule has 2 heterocycles. The lowest BCUT2D eigenvalue weighted by Gasteiger charge is -2.13. The van der Waals surface area contributed by atoms with E-state index in [2.05, 4.69) is 21.6 Å². The van der Waals surface area contributed by atoms with Gasteiger partial charge < -0.3 is 14.3 Å². The Morgan fingerprint density at radius 2 is 1.82 bits per heavy atom. The van der Waals surface area contributed by atoms with Crippen LogP contribution in [0.3, 0.4) is 0 Å². The van der Waals surface area contributed by atoms with Crippen molar-refractivity contribution in [2.45, 2.75) is 32.5 Å². The molecule has 0 aliphatic heterocycles. The zero-order valence-corrected chi connectivity index (χ0v) is 19.7. The first-order valence-electron chi connectivity index (χ1n) is 10.5. The number of nitrogens with zero attached hydrogens (tertiary/aromatic N) is 4. The van der Waals surface area contributed by atoms with Crippen LogP contribution in [-0.2, 0) is 11.3 Å². The molecule has 0 fully saturated rings. The maximum absolute atomic E-state index is 13.3. The van der Waals surface area contributed by atoms with Gasteiger partial charge in [-0.2, -0.15) is 5.26 Å². The Kier molecular flexibility index (Phi) is 6.80. The molecule has 0 saturated heterocycles. The molecule has 0 atom stereocenters. The van der Waals surface area contributed by atoms with Crippen LogP contribution in [0.4, 0.5) is 10.2 Å². The van der Waals surface area contributed by atoms with Gasteiger partial charge in [-0.3, -0.25) is 4.79 Å². The summed E-state index contributed by atoms with van der Waals surface area (Å²) in [4.78, 5) is 12.7. The minimum absolute atomic E-state index is 0.0280. The number of carbonyl (C=O) groups is 1. The second-order valence-corrected chi connectivity index (χ2v) is 8.76. The number of nitriles is 1. The van der Waals surface area contributed by atoms with Gasteiger partial charge in [0.05, 0.1) is 11.3 Å². The molecule has 9 heteroatoms. The first-order valence-corrected chi connectivity index (χ1v) is 11.5. The van der Waals surface area contributed by atoms with Gasteiger partial charge in [-0.15, -0.1) is 10.2 Å². The van der Waals surface area contributed by atoms with Crippen LogP contribution in [0.25, 0.3) is 11.5 Å². The molecule has 7 nitrogen and oxygen atoms in total. The molecule has 0 aliphatic rings. The van der Waals surface area contributed by atoms with Gasteiger partial charge in [0.1, 0.15) is 17.7 Å². The number of nitrogens with one attached hydrogen (secondary N) is 1. The Balaban J connectivity index is 1.47. The smallest absolute Gasteiger partial charge is 0.277 e. The molecule has 1 N–H and O–H groups in total. The maximum Gasteiger partial charge on any atom is 0.277 e. The van der Waals surface area contributed by atoms with E-state index in [1.165, 1.54) is 12.1 Å². The average molecular weight is 476 g/mol. The highest BCUT2D eigenvalue weighted by atomic mass is 32.2. The third-order valence-corrected chi connectivity index (χ3v) is 6.30. The molecule has 0 aliphatic carbocycles. The predicted octanol–water partition coefficient (Wildman–Crippen LogP) is 5.25. The quantitative estimate of drug-likeness (QED) is 0.367. The third kappa shape index (κ3) is 5.02. The van der Waals surface area contributed by atoms with Gasteiger partial charge >= 0.3 is 0 Å². The van der Waals surface area contributed by atoms with Crippen molar-refractivity contribution in [1.29, 1.82) is 5.26 Å². The summed E-state index contributed by atoms with van der Waals surface area (Å²) < 4.78 is 20.8. The number of amides is 1. The van der Waals surface area contributed by atoms with Gasteiger partial charge in [0, 0.05) is 17.8 Å². The van der Waals surface area contributed by atoms with Crippen LogP contribution < -0.4 is 5.32 Å². The lowest BCUT2D eigenvalue weighted by molar-refractivity contribution is -0.113. The van der Waals surface area contributed by atoms with Crippen LogP contribution in [0.1, 0.15) is 27.9 Å². The number of hydrogen-bond donors (Lipinski definition) is 1. The fourth-order valence-electron chi connectivity index (χ4n) is 3.48.